The van der Waals surface area contributed by atoms with Gasteiger partial charge in [-0.2, -0.15) is 39.5 Å². The van der Waals surface area contributed by atoms with Crippen LogP contribution in [0.5, 0.6) is 0 Å². The molecule has 0 unspecified atom stereocenters. The number of carbonyl (C=O) groups is 1. The quantitative estimate of drug-likeness (QED) is 0.460. The highest BCUT2D eigenvalue weighted by Gasteiger charge is 2.37. The van der Waals surface area contributed by atoms with Gasteiger partial charge in [-0.15, -0.1) is 4.43 Å². The Kier molecular flexibility index (Phi) is 7.46. The molecule has 0 aliphatic rings. The first-order chi connectivity index (χ1) is 14.5. The Labute approximate surface area is 184 Å². The van der Waals surface area contributed by atoms with Crippen molar-refractivity contribution in [3.8, 4) is 0 Å². The van der Waals surface area contributed by atoms with Crippen LogP contribution in [-0.2, 0) is 36.4 Å². The minimum absolute atomic E-state index is 0.0555. The summed E-state index contributed by atoms with van der Waals surface area (Å²) in [5.41, 5.74) is -4.61. The summed E-state index contributed by atoms with van der Waals surface area (Å²) in [6.07, 6.45) is -16.0. The normalized spacial score (nSPS) is 12.6. The zero-order valence-electron chi connectivity index (χ0n) is 16.5. The van der Waals surface area contributed by atoms with Crippen LogP contribution >= 0.6 is 0 Å². The molecule has 0 fully saturated rings. The highest BCUT2D eigenvalue weighted by atomic mass is 27.0. The fraction of sp³-hybridized carbons (Fsp3) is 0.316. The summed E-state index contributed by atoms with van der Waals surface area (Å²) < 4.78 is 123. The van der Waals surface area contributed by atoms with Gasteiger partial charge in [-0.25, -0.2) is 4.79 Å². The van der Waals surface area contributed by atoms with Gasteiger partial charge in [-0.3, -0.25) is 4.90 Å². The van der Waals surface area contributed by atoms with E-state index in [4.69, 9.17) is 0 Å². The summed E-state index contributed by atoms with van der Waals surface area (Å²) in [5.74, 6) is 0. The number of alkyl halides is 9. The molecule has 0 aromatic heterocycles. The molecule has 0 atom stereocenters. The highest BCUT2D eigenvalue weighted by molar-refractivity contribution is 6.33. The van der Waals surface area contributed by atoms with Gasteiger partial charge in [-0.05, 0) is 35.4 Å². The van der Waals surface area contributed by atoms with Crippen LogP contribution in [0, 0.1) is 0 Å². The van der Waals surface area contributed by atoms with Crippen LogP contribution in [0.1, 0.15) is 27.8 Å². The van der Waals surface area contributed by atoms with E-state index in [1.807, 2.05) is 0 Å². The second-order valence-electron chi connectivity index (χ2n) is 6.88. The maximum Gasteiger partial charge on any atom is 0.416 e. The monoisotopic (exact) mass is 487 g/mol. The van der Waals surface area contributed by atoms with Crippen molar-refractivity contribution in [2.45, 2.75) is 31.6 Å². The summed E-state index contributed by atoms with van der Waals surface area (Å²) in [6.45, 7) is -1.26. The summed E-state index contributed by atoms with van der Waals surface area (Å²) in [4.78, 5) is 12.9. The first-order valence-corrected chi connectivity index (χ1v) is 9.80. The predicted molar refractivity (Wildman–Crippen MR) is 97.7 cm³/mol. The van der Waals surface area contributed by atoms with E-state index in [1.165, 1.54) is 6.07 Å². The van der Waals surface area contributed by atoms with Gasteiger partial charge in [0.2, 0.25) is 0 Å². The Morgan fingerprint density at radius 3 is 1.75 bits per heavy atom. The van der Waals surface area contributed by atoms with Crippen molar-refractivity contribution in [3.63, 3.8) is 0 Å². The van der Waals surface area contributed by atoms with Crippen LogP contribution < -0.4 is 4.43 Å². The van der Waals surface area contributed by atoms with Crippen LogP contribution in [0.15, 0.2) is 36.4 Å². The topological polar surface area (TPSA) is 29.5 Å². The van der Waals surface area contributed by atoms with Crippen molar-refractivity contribution in [2.24, 2.45) is 0 Å². The standard InChI is InChI=1S/C19H13F9NO2.Al.2H/c1-31-16(30)29(9-11-3-2-4-13(5-11)17(20,21)22)10-12-6-14(18(23,24)25)8-15(7-12)19(26,27)28;;;/h2,4-8H,9-10H2,1H3;;;. The van der Waals surface area contributed by atoms with Gasteiger partial charge in [0.1, 0.15) is 0 Å². The van der Waals surface area contributed by atoms with E-state index in [9.17, 15) is 44.3 Å². The molecule has 0 N–H and O–H groups in total. The molecule has 0 saturated heterocycles. The molecular formula is C19H15AlF9NO2. The fourth-order valence-corrected chi connectivity index (χ4v) is 3.34. The molecule has 0 spiro atoms. The average Bonchev–Trinajstić information content (AvgIpc) is 2.65. The van der Waals surface area contributed by atoms with Crippen molar-refractivity contribution in [2.75, 3.05) is 7.11 Å². The largest absolute Gasteiger partial charge is 0.453 e. The minimum Gasteiger partial charge on any atom is -0.453 e. The lowest BCUT2D eigenvalue weighted by Gasteiger charge is -2.24. The lowest BCUT2D eigenvalue weighted by Crippen LogP contribution is -2.32. The molecule has 3 nitrogen and oxygen atoms in total. The number of rotatable bonds is 4. The molecule has 0 aliphatic heterocycles. The van der Waals surface area contributed by atoms with E-state index in [2.05, 4.69) is 4.74 Å². The lowest BCUT2D eigenvalue weighted by molar-refractivity contribution is -0.143. The number of methoxy groups -OCH3 is 1. The zero-order valence-corrected chi connectivity index (χ0v) is 18.5. The number of hydrogen-bond acceptors (Lipinski definition) is 2. The fourth-order valence-electron chi connectivity index (χ4n) is 2.87. The van der Waals surface area contributed by atoms with Crippen LogP contribution in [0.3, 0.4) is 0 Å². The third kappa shape index (κ3) is 6.56. The van der Waals surface area contributed by atoms with Gasteiger partial charge in [0.25, 0.3) is 16.3 Å². The second kappa shape index (κ2) is 9.23. The van der Waals surface area contributed by atoms with Crippen molar-refractivity contribution in [3.05, 3.63) is 64.2 Å². The molecule has 0 saturated carbocycles. The number of hydrogen-bond donors (Lipinski definition) is 0. The maximum absolute atomic E-state index is 13.1. The molecule has 0 radical (unpaired) electrons. The predicted octanol–water partition coefficient (Wildman–Crippen LogP) is 4.77. The molecule has 2 aromatic rings. The van der Waals surface area contributed by atoms with Gasteiger partial charge in [0.15, 0.2) is 0 Å². The van der Waals surface area contributed by atoms with Gasteiger partial charge < -0.3 is 4.74 Å². The Morgan fingerprint density at radius 2 is 1.31 bits per heavy atom. The lowest BCUT2D eigenvalue weighted by atomic mass is 10.0. The van der Waals surface area contributed by atoms with E-state index in [0.717, 1.165) is 24.1 Å². The SMILES string of the molecule is COC(=O)N(Cc1cc(C(F)(F)F)cc(C(F)(F)F)c1)Cc1cc(C(F)(F)F)cc[c]1[AlH2]. The summed E-state index contributed by atoms with van der Waals surface area (Å²) in [7, 11) is 0.927. The Morgan fingerprint density at radius 1 is 0.812 bits per heavy atom. The molecular weight excluding hydrogens is 472 g/mol. The first kappa shape index (κ1) is 25.9. The Bertz CT molecular complexity index is 952. The molecule has 0 aliphatic carbocycles. The number of ether oxygens (including phenoxy) is 1. The van der Waals surface area contributed by atoms with Crippen molar-refractivity contribution >= 4 is 26.8 Å². The summed E-state index contributed by atoms with van der Waals surface area (Å²) >= 11 is 0.277. The molecule has 13 heteroatoms. The highest BCUT2D eigenvalue weighted by Crippen LogP contribution is 2.36. The molecule has 1 amide bonds. The number of benzene rings is 2. The van der Waals surface area contributed by atoms with Gasteiger partial charge >= 0.3 is 24.6 Å². The van der Waals surface area contributed by atoms with Crippen LogP contribution in [0.4, 0.5) is 44.3 Å². The number of halogens is 9. The van der Waals surface area contributed by atoms with Gasteiger partial charge in [0, 0.05) is 13.1 Å². The van der Waals surface area contributed by atoms with E-state index in [-0.39, 0.29) is 27.9 Å². The van der Waals surface area contributed by atoms with E-state index in [0.29, 0.717) is 16.6 Å². The number of amides is 1. The van der Waals surface area contributed by atoms with E-state index < -0.39 is 60.0 Å². The average molecular weight is 487 g/mol. The third-order valence-electron chi connectivity index (χ3n) is 4.49. The van der Waals surface area contributed by atoms with Crippen LogP contribution in [0.25, 0.3) is 0 Å². The van der Waals surface area contributed by atoms with Crippen molar-refractivity contribution in [1.29, 1.82) is 0 Å². The first-order valence-electron chi connectivity index (χ1n) is 8.80. The van der Waals surface area contributed by atoms with Gasteiger partial charge in [0.05, 0.1) is 23.8 Å². The third-order valence-corrected chi connectivity index (χ3v) is 5.47. The maximum atomic E-state index is 13.1. The molecule has 2 rings (SSSR count). The zero-order chi connectivity index (χ0) is 24.5. The molecule has 174 valence electrons. The van der Waals surface area contributed by atoms with Gasteiger partial charge in [-0.1, -0.05) is 12.1 Å². The van der Waals surface area contributed by atoms with E-state index in [1.54, 1.807) is 0 Å². The van der Waals surface area contributed by atoms with Crippen molar-refractivity contribution in [1.82, 2.24) is 4.90 Å². The molecule has 2 aromatic carbocycles. The molecule has 32 heavy (non-hydrogen) atoms. The minimum atomic E-state index is -5.09. The Balaban J connectivity index is 2.48. The van der Waals surface area contributed by atoms with Crippen molar-refractivity contribution < 1.29 is 49.0 Å². The summed E-state index contributed by atoms with van der Waals surface area (Å²) in [6, 6.07) is 3.65. The number of carbonyl (C=O) groups excluding carboxylic acids is 1. The van der Waals surface area contributed by atoms with Crippen LogP contribution in [0.2, 0.25) is 0 Å². The molecule has 0 bridgehead atoms. The summed E-state index contributed by atoms with van der Waals surface area (Å²) in [5, 5.41) is 0. The number of nitrogens with zero attached hydrogens (tertiary/aromatic N) is 1. The smallest absolute Gasteiger partial charge is 0.416 e. The second-order valence-corrected chi connectivity index (χ2v) is 7.96. The Hall–Kier alpha value is -2.39. The van der Waals surface area contributed by atoms with Crippen LogP contribution in [-0.4, -0.2) is 34.4 Å². The van der Waals surface area contributed by atoms with E-state index >= 15 is 0 Å². The molecule has 0 heterocycles.